The largest absolute Gasteiger partial charge is 0.398 e. The minimum Gasteiger partial charge on any atom is -0.398 e. The number of hydrogen-bond donors (Lipinski definition) is 2. The average Bonchev–Trinajstić information content (AvgIpc) is 2.87. The highest BCUT2D eigenvalue weighted by atomic mass is 16.1. The van der Waals surface area contributed by atoms with Crippen LogP contribution < -0.4 is 11.5 Å². The Morgan fingerprint density at radius 1 is 1.48 bits per heavy atom. The number of anilines is 1. The Hall–Kier alpha value is -1.59. The van der Waals surface area contributed by atoms with Crippen LogP contribution in [0.1, 0.15) is 35.7 Å². The fourth-order valence-electron chi connectivity index (χ4n) is 3.13. The van der Waals surface area contributed by atoms with Gasteiger partial charge >= 0.3 is 0 Å². The Morgan fingerprint density at radius 3 is 2.86 bits per heavy atom. The lowest BCUT2D eigenvalue weighted by Gasteiger charge is -2.28. The van der Waals surface area contributed by atoms with Crippen molar-refractivity contribution in [2.24, 2.45) is 5.73 Å². The molecule has 1 aromatic rings. The third-order valence-corrected chi connectivity index (χ3v) is 4.30. The van der Waals surface area contributed by atoms with Crippen molar-refractivity contribution >= 4 is 11.6 Å². The molecule has 1 atom stereocenters. The maximum atomic E-state index is 11.1. The number of amides is 1. The molecule has 1 aliphatic heterocycles. The van der Waals surface area contributed by atoms with Crippen molar-refractivity contribution in [2.75, 3.05) is 32.4 Å². The number of carbonyl (C=O) groups is 1. The molecule has 2 rings (SSSR count). The molecule has 1 saturated heterocycles. The number of nitrogens with zero attached hydrogens (tertiary/aromatic N) is 2. The number of hydrogen-bond acceptors (Lipinski definition) is 4. The summed E-state index contributed by atoms with van der Waals surface area (Å²) >= 11 is 0. The van der Waals surface area contributed by atoms with Crippen LogP contribution in [0.25, 0.3) is 0 Å². The van der Waals surface area contributed by atoms with Crippen molar-refractivity contribution in [3.8, 4) is 0 Å². The zero-order valence-corrected chi connectivity index (χ0v) is 13.0. The highest BCUT2D eigenvalue weighted by Crippen LogP contribution is 2.20. The van der Waals surface area contributed by atoms with E-state index in [1.54, 1.807) is 12.1 Å². The van der Waals surface area contributed by atoms with E-state index in [4.69, 9.17) is 11.5 Å². The monoisotopic (exact) mass is 290 g/mol. The number of likely N-dealkylation sites (N-methyl/N-ethyl adjacent to an activating group) is 2. The predicted octanol–water partition coefficient (Wildman–Crippen LogP) is 1.28. The summed E-state index contributed by atoms with van der Waals surface area (Å²) in [6.07, 6.45) is 2.57. The molecule has 1 unspecified atom stereocenters. The first-order valence-corrected chi connectivity index (χ1v) is 7.62. The molecule has 0 spiro atoms. The van der Waals surface area contributed by atoms with Gasteiger partial charge in [-0.2, -0.15) is 0 Å². The van der Waals surface area contributed by atoms with E-state index in [0.29, 0.717) is 17.3 Å². The van der Waals surface area contributed by atoms with Crippen molar-refractivity contribution in [2.45, 2.75) is 32.4 Å². The first kappa shape index (κ1) is 15.8. The van der Waals surface area contributed by atoms with E-state index in [2.05, 4.69) is 23.8 Å². The summed E-state index contributed by atoms with van der Waals surface area (Å²) < 4.78 is 0. The van der Waals surface area contributed by atoms with Crippen LogP contribution in [-0.2, 0) is 6.54 Å². The van der Waals surface area contributed by atoms with Gasteiger partial charge in [0.1, 0.15) is 0 Å². The average molecular weight is 290 g/mol. The zero-order chi connectivity index (χ0) is 15.4. The van der Waals surface area contributed by atoms with E-state index in [1.165, 1.54) is 19.4 Å². The molecule has 116 valence electrons. The van der Waals surface area contributed by atoms with E-state index >= 15 is 0 Å². The third-order valence-electron chi connectivity index (χ3n) is 4.30. The van der Waals surface area contributed by atoms with E-state index in [1.807, 2.05) is 6.07 Å². The van der Waals surface area contributed by atoms with Gasteiger partial charge in [0.15, 0.2) is 0 Å². The second kappa shape index (κ2) is 6.91. The van der Waals surface area contributed by atoms with Crippen LogP contribution in [0.15, 0.2) is 18.2 Å². The predicted molar refractivity (Wildman–Crippen MR) is 86.0 cm³/mol. The Bertz CT molecular complexity index is 503. The molecular formula is C16H26N4O. The molecule has 1 amide bonds. The van der Waals surface area contributed by atoms with Crippen LogP contribution in [-0.4, -0.2) is 48.4 Å². The van der Waals surface area contributed by atoms with Gasteiger partial charge in [0.25, 0.3) is 0 Å². The van der Waals surface area contributed by atoms with E-state index in [0.717, 1.165) is 25.2 Å². The Labute approximate surface area is 126 Å². The number of nitrogen functional groups attached to an aromatic ring is 1. The Kier molecular flexibility index (Phi) is 5.20. The Morgan fingerprint density at radius 2 is 2.24 bits per heavy atom. The van der Waals surface area contributed by atoms with Crippen LogP contribution in [0.3, 0.4) is 0 Å². The molecular weight excluding hydrogens is 264 g/mol. The summed E-state index contributed by atoms with van der Waals surface area (Å²) in [5.74, 6) is -0.439. The van der Waals surface area contributed by atoms with Gasteiger partial charge in [0, 0.05) is 30.4 Å². The fourth-order valence-corrected chi connectivity index (χ4v) is 3.13. The van der Waals surface area contributed by atoms with Gasteiger partial charge in [-0.05, 0) is 50.7 Å². The van der Waals surface area contributed by atoms with Gasteiger partial charge in [-0.1, -0.05) is 13.0 Å². The highest BCUT2D eigenvalue weighted by Gasteiger charge is 2.24. The van der Waals surface area contributed by atoms with Crippen LogP contribution in [0.4, 0.5) is 5.69 Å². The van der Waals surface area contributed by atoms with Gasteiger partial charge < -0.3 is 16.4 Å². The van der Waals surface area contributed by atoms with E-state index < -0.39 is 5.91 Å². The normalized spacial score (nSPS) is 19.3. The molecule has 5 nitrogen and oxygen atoms in total. The summed E-state index contributed by atoms with van der Waals surface area (Å²) in [7, 11) is 2.12. The molecule has 21 heavy (non-hydrogen) atoms. The van der Waals surface area contributed by atoms with Gasteiger partial charge in [0.05, 0.1) is 0 Å². The van der Waals surface area contributed by atoms with Crippen molar-refractivity contribution in [1.29, 1.82) is 0 Å². The number of rotatable bonds is 6. The first-order valence-electron chi connectivity index (χ1n) is 7.62. The van der Waals surface area contributed by atoms with Crippen molar-refractivity contribution in [3.05, 3.63) is 29.3 Å². The molecule has 1 heterocycles. The summed E-state index contributed by atoms with van der Waals surface area (Å²) in [5.41, 5.74) is 13.4. The molecule has 1 fully saturated rings. The second-order valence-electron chi connectivity index (χ2n) is 5.90. The summed E-state index contributed by atoms with van der Waals surface area (Å²) in [4.78, 5) is 16.0. The molecule has 1 aliphatic rings. The third kappa shape index (κ3) is 3.95. The topological polar surface area (TPSA) is 75.6 Å². The van der Waals surface area contributed by atoms with Gasteiger partial charge in [-0.3, -0.25) is 9.69 Å². The number of carbonyl (C=O) groups excluding carboxylic acids is 1. The van der Waals surface area contributed by atoms with Crippen LogP contribution in [0, 0.1) is 0 Å². The smallest absolute Gasteiger partial charge is 0.248 e. The maximum Gasteiger partial charge on any atom is 0.248 e. The van der Waals surface area contributed by atoms with Crippen LogP contribution >= 0.6 is 0 Å². The van der Waals surface area contributed by atoms with Gasteiger partial charge in [-0.25, -0.2) is 0 Å². The second-order valence-corrected chi connectivity index (χ2v) is 5.90. The summed E-state index contributed by atoms with van der Waals surface area (Å²) in [6.45, 7) is 6.39. The van der Waals surface area contributed by atoms with Gasteiger partial charge in [0.2, 0.25) is 5.91 Å². The minimum absolute atomic E-state index is 0.439. The molecule has 5 heteroatoms. The minimum atomic E-state index is -0.439. The zero-order valence-electron chi connectivity index (χ0n) is 13.0. The summed E-state index contributed by atoms with van der Waals surface area (Å²) in [5, 5.41) is 0. The Balaban J connectivity index is 1.96. The van der Waals surface area contributed by atoms with Crippen LogP contribution in [0.5, 0.6) is 0 Å². The van der Waals surface area contributed by atoms with Crippen molar-refractivity contribution in [3.63, 3.8) is 0 Å². The molecule has 1 aromatic carbocycles. The maximum absolute atomic E-state index is 11.1. The first-order chi connectivity index (χ1) is 10.0. The highest BCUT2D eigenvalue weighted by molar-refractivity contribution is 5.93. The fraction of sp³-hybridized carbons (Fsp3) is 0.562. The molecule has 0 saturated carbocycles. The SMILES string of the molecule is CCN1CCCC1CN(C)Cc1ccc(C(N)=O)cc1N. The number of primary amides is 1. The molecule has 0 aromatic heterocycles. The quantitative estimate of drug-likeness (QED) is 0.774. The van der Waals surface area contributed by atoms with E-state index in [-0.39, 0.29) is 0 Å². The number of likely N-dealkylation sites (tertiary alicyclic amines) is 1. The van der Waals surface area contributed by atoms with Crippen molar-refractivity contribution < 1.29 is 4.79 Å². The standard InChI is InChI=1S/C16H26N4O/c1-3-20-8-4-5-14(20)11-19(2)10-13-7-6-12(16(18)21)9-15(13)17/h6-7,9,14H,3-5,8,10-11,17H2,1-2H3,(H2,18,21). The van der Waals surface area contributed by atoms with Gasteiger partial charge in [-0.15, -0.1) is 0 Å². The van der Waals surface area contributed by atoms with Crippen LogP contribution in [0.2, 0.25) is 0 Å². The molecule has 0 bridgehead atoms. The molecule has 0 aliphatic carbocycles. The number of benzene rings is 1. The van der Waals surface area contributed by atoms with E-state index in [9.17, 15) is 4.79 Å². The lowest BCUT2D eigenvalue weighted by molar-refractivity contribution is 0.100. The summed E-state index contributed by atoms with van der Waals surface area (Å²) in [6, 6.07) is 5.96. The molecule has 4 N–H and O–H groups in total. The lowest BCUT2D eigenvalue weighted by atomic mass is 10.1. The molecule has 0 radical (unpaired) electrons. The lowest BCUT2D eigenvalue weighted by Crippen LogP contribution is -2.38. The number of nitrogens with two attached hydrogens (primary N) is 2. The van der Waals surface area contributed by atoms with Crippen molar-refractivity contribution in [1.82, 2.24) is 9.80 Å².